The van der Waals surface area contributed by atoms with E-state index in [9.17, 15) is 13.2 Å². The van der Waals surface area contributed by atoms with Crippen LogP contribution in [-0.2, 0) is 6.54 Å². The van der Waals surface area contributed by atoms with E-state index < -0.39 is 17.5 Å². The van der Waals surface area contributed by atoms with E-state index in [0.717, 1.165) is 19.6 Å². The molecule has 0 saturated carbocycles. The Morgan fingerprint density at radius 3 is 2.26 bits per heavy atom. The topological polar surface area (TPSA) is 15.3 Å². The summed E-state index contributed by atoms with van der Waals surface area (Å²) in [6.45, 7) is 3.84. The first kappa shape index (κ1) is 14.3. The molecule has 1 aromatic rings. The van der Waals surface area contributed by atoms with Crippen LogP contribution in [0.25, 0.3) is 0 Å². The van der Waals surface area contributed by atoms with Crippen molar-refractivity contribution in [2.24, 2.45) is 0 Å². The fourth-order valence-electron chi connectivity index (χ4n) is 2.37. The molecule has 1 N–H and O–H groups in total. The SMILES string of the molecule is Fc1cc(F)c(CNCCN2CCCCC2)c(F)c1. The normalized spacial score (nSPS) is 16.8. The van der Waals surface area contributed by atoms with Gasteiger partial charge in [-0.3, -0.25) is 0 Å². The van der Waals surface area contributed by atoms with Crippen molar-refractivity contribution >= 4 is 0 Å². The van der Waals surface area contributed by atoms with Gasteiger partial charge in [-0.15, -0.1) is 0 Å². The van der Waals surface area contributed by atoms with Crippen molar-refractivity contribution in [3.8, 4) is 0 Å². The molecular formula is C14H19F3N2. The molecule has 0 aromatic heterocycles. The minimum atomic E-state index is -0.882. The summed E-state index contributed by atoms with van der Waals surface area (Å²) in [5, 5.41) is 3.01. The summed E-state index contributed by atoms with van der Waals surface area (Å²) in [7, 11) is 0. The summed E-state index contributed by atoms with van der Waals surface area (Å²) in [6, 6.07) is 1.43. The quantitative estimate of drug-likeness (QED) is 0.829. The van der Waals surface area contributed by atoms with Gasteiger partial charge in [0.1, 0.15) is 17.5 Å². The van der Waals surface area contributed by atoms with Gasteiger partial charge in [-0.2, -0.15) is 0 Å². The zero-order chi connectivity index (χ0) is 13.7. The van der Waals surface area contributed by atoms with Crippen LogP contribution in [0.4, 0.5) is 13.2 Å². The molecule has 0 unspecified atom stereocenters. The second-order valence-corrected chi connectivity index (χ2v) is 4.93. The molecular weight excluding hydrogens is 253 g/mol. The largest absolute Gasteiger partial charge is 0.311 e. The van der Waals surface area contributed by atoms with Crippen molar-refractivity contribution < 1.29 is 13.2 Å². The fraction of sp³-hybridized carbons (Fsp3) is 0.571. The van der Waals surface area contributed by atoms with E-state index in [0.29, 0.717) is 18.7 Å². The lowest BCUT2D eigenvalue weighted by Crippen LogP contribution is -2.35. The van der Waals surface area contributed by atoms with Crippen molar-refractivity contribution in [3.63, 3.8) is 0 Å². The molecule has 1 aromatic carbocycles. The van der Waals surface area contributed by atoms with Crippen LogP contribution in [0.1, 0.15) is 24.8 Å². The molecule has 1 saturated heterocycles. The van der Waals surface area contributed by atoms with Gasteiger partial charge < -0.3 is 10.2 Å². The van der Waals surface area contributed by atoms with Gasteiger partial charge in [0, 0.05) is 37.3 Å². The highest BCUT2D eigenvalue weighted by molar-refractivity contribution is 5.20. The molecule has 0 spiro atoms. The number of hydrogen-bond donors (Lipinski definition) is 1. The number of nitrogens with one attached hydrogen (secondary N) is 1. The first-order valence-corrected chi connectivity index (χ1v) is 6.73. The Morgan fingerprint density at radius 1 is 1.00 bits per heavy atom. The number of rotatable bonds is 5. The third kappa shape index (κ3) is 4.21. The molecule has 0 atom stereocenters. The lowest BCUT2D eigenvalue weighted by atomic mass is 10.1. The van der Waals surface area contributed by atoms with Gasteiger partial charge in [0.15, 0.2) is 0 Å². The van der Waals surface area contributed by atoms with E-state index in [1.165, 1.54) is 19.3 Å². The predicted molar refractivity (Wildman–Crippen MR) is 68.3 cm³/mol. The smallest absolute Gasteiger partial charge is 0.133 e. The Labute approximate surface area is 111 Å². The van der Waals surface area contributed by atoms with Crippen LogP contribution >= 0.6 is 0 Å². The summed E-state index contributed by atoms with van der Waals surface area (Å²) in [5.41, 5.74) is -0.0972. The van der Waals surface area contributed by atoms with Gasteiger partial charge in [0.25, 0.3) is 0 Å². The van der Waals surface area contributed by atoms with Crippen LogP contribution in [0, 0.1) is 17.5 Å². The molecule has 1 aliphatic heterocycles. The molecule has 1 heterocycles. The number of benzene rings is 1. The second-order valence-electron chi connectivity index (χ2n) is 4.93. The maximum absolute atomic E-state index is 13.4. The monoisotopic (exact) mass is 272 g/mol. The highest BCUT2D eigenvalue weighted by atomic mass is 19.1. The highest BCUT2D eigenvalue weighted by Crippen LogP contribution is 2.14. The van der Waals surface area contributed by atoms with Gasteiger partial charge in [0.2, 0.25) is 0 Å². The Morgan fingerprint density at radius 2 is 1.63 bits per heavy atom. The molecule has 2 rings (SSSR count). The molecule has 0 bridgehead atoms. The van der Waals surface area contributed by atoms with Crippen LogP contribution in [0.3, 0.4) is 0 Å². The van der Waals surface area contributed by atoms with Gasteiger partial charge >= 0.3 is 0 Å². The molecule has 1 aliphatic rings. The van der Waals surface area contributed by atoms with Gasteiger partial charge in [-0.25, -0.2) is 13.2 Å². The lowest BCUT2D eigenvalue weighted by molar-refractivity contribution is 0.228. The van der Waals surface area contributed by atoms with Crippen molar-refractivity contribution in [1.29, 1.82) is 0 Å². The maximum Gasteiger partial charge on any atom is 0.133 e. The second kappa shape index (κ2) is 6.91. The Balaban J connectivity index is 1.76. The first-order chi connectivity index (χ1) is 9.16. The minimum absolute atomic E-state index is 0.0891. The average molecular weight is 272 g/mol. The van der Waals surface area contributed by atoms with E-state index in [1.807, 2.05) is 0 Å². The molecule has 0 amide bonds. The molecule has 2 nitrogen and oxygen atoms in total. The van der Waals surface area contributed by atoms with Crippen LogP contribution in [0.2, 0.25) is 0 Å². The summed E-state index contributed by atoms with van der Waals surface area (Å²) in [6.07, 6.45) is 3.73. The van der Waals surface area contributed by atoms with E-state index >= 15 is 0 Å². The van der Waals surface area contributed by atoms with E-state index in [1.54, 1.807) is 0 Å². The maximum atomic E-state index is 13.4. The minimum Gasteiger partial charge on any atom is -0.311 e. The Kier molecular flexibility index (Phi) is 5.22. The lowest BCUT2D eigenvalue weighted by Gasteiger charge is -2.26. The van der Waals surface area contributed by atoms with Gasteiger partial charge in [0.05, 0.1) is 0 Å². The van der Waals surface area contributed by atoms with E-state index in [-0.39, 0.29) is 12.1 Å². The number of likely N-dealkylation sites (tertiary alicyclic amines) is 1. The highest BCUT2D eigenvalue weighted by Gasteiger charge is 2.12. The average Bonchev–Trinajstić information content (AvgIpc) is 2.38. The van der Waals surface area contributed by atoms with Crippen LogP contribution < -0.4 is 5.32 Å². The fourth-order valence-corrected chi connectivity index (χ4v) is 2.37. The van der Waals surface area contributed by atoms with Gasteiger partial charge in [-0.05, 0) is 25.9 Å². The third-order valence-electron chi connectivity index (χ3n) is 3.46. The Hall–Kier alpha value is -1.07. The van der Waals surface area contributed by atoms with E-state index in [4.69, 9.17) is 0 Å². The number of piperidine rings is 1. The molecule has 106 valence electrons. The van der Waals surface area contributed by atoms with E-state index in [2.05, 4.69) is 10.2 Å². The molecule has 1 fully saturated rings. The molecule has 19 heavy (non-hydrogen) atoms. The van der Waals surface area contributed by atoms with Crippen LogP contribution in [0.15, 0.2) is 12.1 Å². The zero-order valence-electron chi connectivity index (χ0n) is 10.9. The summed E-state index contributed by atoms with van der Waals surface area (Å²) < 4.78 is 39.5. The van der Waals surface area contributed by atoms with Crippen molar-refractivity contribution in [2.45, 2.75) is 25.8 Å². The van der Waals surface area contributed by atoms with Crippen molar-refractivity contribution in [3.05, 3.63) is 35.1 Å². The standard InChI is InChI=1S/C14H19F3N2/c15-11-8-13(16)12(14(17)9-11)10-18-4-7-19-5-2-1-3-6-19/h8-9,18H,1-7,10H2. The molecule has 5 heteroatoms. The van der Waals surface area contributed by atoms with Gasteiger partial charge in [-0.1, -0.05) is 6.42 Å². The summed E-state index contributed by atoms with van der Waals surface area (Å²) in [5.74, 6) is -2.54. The Bertz CT molecular complexity index is 394. The number of hydrogen-bond acceptors (Lipinski definition) is 2. The number of halogens is 3. The first-order valence-electron chi connectivity index (χ1n) is 6.73. The predicted octanol–water partition coefficient (Wildman–Crippen LogP) is 2.68. The molecule has 0 radical (unpaired) electrons. The van der Waals surface area contributed by atoms with Crippen LogP contribution in [0.5, 0.6) is 0 Å². The molecule has 0 aliphatic carbocycles. The van der Waals surface area contributed by atoms with Crippen molar-refractivity contribution in [2.75, 3.05) is 26.2 Å². The summed E-state index contributed by atoms with van der Waals surface area (Å²) in [4.78, 5) is 2.34. The van der Waals surface area contributed by atoms with Crippen molar-refractivity contribution in [1.82, 2.24) is 10.2 Å². The third-order valence-corrected chi connectivity index (χ3v) is 3.46. The zero-order valence-corrected chi connectivity index (χ0v) is 10.9. The van der Waals surface area contributed by atoms with Crippen LogP contribution in [-0.4, -0.2) is 31.1 Å². The number of nitrogens with zero attached hydrogens (tertiary/aromatic N) is 1. The summed E-state index contributed by atoms with van der Waals surface area (Å²) >= 11 is 0.